The van der Waals surface area contributed by atoms with E-state index in [4.69, 9.17) is 19.9 Å². The number of carbonyl (C=O) groups is 1. The number of nitrogens with two attached hydrogens (primary N) is 1. The monoisotopic (exact) mass is 287 g/mol. The molecule has 0 fully saturated rings. The van der Waals surface area contributed by atoms with E-state index in [0.29, 0.717) is 28.4 Å². The summed E-state index contributed by atoms with van der Waals surface area (Å²) in [4.78, 5) is 16.3. The van der Waals surface area contributed by atoms with Crippen molar-refractivity contribution >= 4 is 17.3 Å². The quantitative estimate of drug-likeness (QED) is 0.833. The molecule has 2 heterocycles. The molecule has 1 aromatic heterocycles. The number of aromatic nitrogens is 1. The van der Waals surface area contributed by atoms with Crippen LogP contribution in [0.25, 0.3) is 0 Å². The molecule has 0 saturated carbocycles. The molecule has 21 heavy (non-hydrogen) atoms. The Hall–Kier alpha value is -2.96. The van der Waals surface area contributed by atoms with Gasteiger partial charge in [-0.05, 0) is 12.1 Å². The summed E-state index contributed by atoms with van der Waals surface area (Å²) in [6, 6.07) is 6.50. The molecule has 108 valence electrons. The van der Waals surface area contributed by atoms with Gasteiger partial charge in [-0.15, -0.1) is 0 Å². The topological polar surface area (TPSA) is 95.7 Å². The number of nitrogen functional groups attached to an aromatic ring is 1. The standard InChI is InChI=1S/C14H13N3O4/c1-19-14-8(3-2-4-16-14)13(18)17-10-6-12-11(5-9(10)15)20-7-21-12/h2-6H,7,15H2,1H3,(H,17,18). The minimum Gasteiger partial charge on any atom is -0.480 e. The molecule has 0 bridgehead atoms. The first-order valence-electron chi connectivity index (χ1n) is 6.18. The number of hydrogen-bond acceptors (Lipinski definition) is 6. The maximum Gasteiger partial charge on any atom is 0.261 e. The van der Waals surface area contributed by atoms with Crippen LogP contribution in [0.4, 0.5) is 11.4 Å². The van der Waals surface area contributed by atoms with Gasteiger partial charge in [0.15, 0.2) is 11.5 Å². The Balaban J connectivity index is 1.88. The molecule has 0 atom stereocenters. The van der Waals surface area contributed by atoms with E-state index in [2.05, 4.69) is 10.3 Å². The normalized spacial score (nSPS) is 12.0. The number of nitrogens with one attached hydrogen (secondary N) is 1. The van der Waals surface area contributed by atoms with Crippen molar-refractivity contribution in [3.05, 3.63) is 36.0 Å². The van der Waals surface area contributed by atoms with Crippen molar-refractivity contribution < 1.29 is 19.0 Å². The second kappa shape index (κ2) is 5.20. The molecule has 1 aromatic carbocycles. The SMILES string of the molecule is COc1ncccc1C(=O)Nc1cc2c(cc1N)OCO2. The number of anilines is 2. The number of rotatable bonds is 3. The third kappa shape index (κ3) is 2.40. The molecule has 0 saturated heterocycles. The van der Waals surface area contributed by atoms with Crippen LogP contribution in [-0.4, -0.2) is 24.8 Å². The molecular formula is C14H13N3O4. The first-order chi connectivity index (χ1) is 10.2. The van der Waals surface area contributed by atoms with Crippen molar-refractivity contribution in [2.24, 2.45) is 0 Å². The van der Waals surface area contributed by atoms with Gasteiger partial charge in [0.1, 0.15) is 5.56 Å². The molecule has 7 nitrogen and oxygen atoms in total. The summed E-state index contributed by atoms with van der Waals surface area (Å²) in [5.41, 5.74) is 7.03. The van der Waals surface area contributed by atoms with Gasteiger partial charge in [-0.3, -0.25) is 4.79 Å². The third-order valence-electron chi connectivity index (χ3n) is 3.00. The average molecular weight is 287 g/mol. The zero-order chi connectivity index (χ0) is 14.8. The predicted octanol–water partition coefficient (Wildman–Crippen LogP) is 1.65. The van der Waals surface area contributed by atoms with Gasteiger partial charge in [-0.2, -0.15) is 0 Å². The van der Waals surface area contributed by atoms with Crippen LogP contribution < -0.4 is 25.3 Å². The Morgan fingerprint density at radius 2 is 2.14 bits per heavy atom. The number of benzene rings is 1. The van der Waals surface area contributed by atoms with Crippen molar-refractivity contribution in [2.75, 3.05) is 25.0 Å². The minimum atomic E-state index is -0.370. The van der Waals surface area contributed by atoms with Gasteiger partial charge in [0.05, 0.1) is 18.5 Å². The molecule has 0 unspecified atom stereocenters. The van der Waals surface area contributed by atoms with Crippen LogP contribution in [-0.2, 0) is 0 Å². The maximum atomic E-state index is 12.3. The van der Waals surface area contributed by atoms with E-state index in [1.807, 2.05) is 0 Å². The van der Waals surface area contributed by atoms with Gasteiger partial charge in [0, 0.05) is 18.3 Å². The molecule has 0 aliphatic carbocycles. The molecule has 0 radical (unpaired) electrons. The predicted molar refractivity (Wildman–Crippen MR) is 75.7 cm³/mol. The highest BCUT2D eigenvalue weighted by Gasteiger charge is 2.19. The lowest BCUT2D eigenvalue weighted by atomic mass is 10.2. The number of ether oxygens (including phenoxy) is 3. The summed E-state index contributed by atoms with van der Waals surface area (Å²) in [7, 11) is 1.45. The van der Waals surface area contributed by atoms with E-state index >= 15 is 0 Å². The third-order valence-corrected chi connectivity index (χ3v) is 3.00. The first-order valence-corrected chi connectivity index (χ1v) is 6.18. The Kier molecular flexibility index (Phi) is 3.23. The molecule has 1 aliphatic heterocycles. The van der Waals surface area contributed by atoms with Crippen LogP contribution >= 0.6 is 0 Å². The molecule has 1 aliphatic rings. The van der Waals surface area contributed by atoms with Gasteiger partial charge in [-0.1, -0.05) is 0 Å². The minimum absolute atomic E-state index is 0.141. The van der Waals surface area contributed by atoms with Gasteiger partial charge in [0.2, 0.25) is 12.7 Å². The highest BCUT2D eigenvalue weighted by molar-refractivity contribution is 6.07. The van der Waals surface area contributed by atoms with E-state index in [1.54, 1.807) is 30.5 Å². The number of hydrogen-bond donors (Lipinski definition) is 2. The second-order valence-corrected chi connectivity index (χ2v) is 4.31. The highest BCUT2D eigenvalue weighted by Crippen LogP contribution is 2.38. The lowest BCUT2D eigenvalue weighted by molar-refractivity contribution is 0.102. The molecule has 3 N–H and O–H groups in total. The fourth-order valence-electron chi connectivity index (χ4n) is 1.98. The summed E-state index contributed by atoms with van der Waals surface area (Å²) >= 11 is 0. The zero-order valence-electron chi connectivity index (χ0n) is 11.3. The van der Waals surface area contributed by atoms with Crippen molar-refractivity contribution in [1.29, 1.82) is 0 Å². The van der Waals surface area contributed by atoms with E-state index in [0.717, 1.165) is 0 Å². The van der Waals surface area contributed by atoms with Crippen molar-refractivity contribution in [3.63, 3.8) is 0 Å². The number of methoxy groups -OCH3 is 1. The average Bonchev–Trinajstić information content (AvgIpc) is 2.94. The Morgan fingerprint density at radius 1 is 1.38 bits per heavy atom. The second-order valence-electron chi connectivity index (χ2n) is 4.31. The number of amides is 1. The molecule has 0 spiro atoms. The van der Waals surface area contributed by atoms with Crippen molar-refractivity contribution in [2.45, 2.75) is 0 Å². The lowest BCUT2D eigenvalue weighted by Crippen LogP contribution is -2.14. The van der Waals surface area contributed by atoms with E-state index in [-0.39, 0.29) is 18.6 Å². The molecule has 3 rings (SSSR count). The maximum absolute atomic E-state index is 12.3. The highest BCUT2D eigenvalue weighted by atomic mass is 16.7. The molecule has 1 amide bonds. The fraction of sp³-hybridized carbons (Fsp3) is 0.143. The number of pyridine rings is 1. The van der Waals surface area contributed by atoms with Crippen LogP contribution in [0.15, 0.2) is 30.5 Å². The van der Waals surface area contributed by atoms with Crippen LogP contribution in [0.3, 0.4) is 0 Å². The molecular weight excluding hydrogens is 274 g/mol. The van der Waals surface area contributed by atoms with Gasteiger partial charge < -0.3 is 25.3 Å². The van der Waals surface area contributed by atoms with Crippen LogP contribution in [0, 0.1) is 0 Å². The number of carbonyl (C=O) groups excluding carboxylic acids is 1. The van der Waals surface area contributed by atoms with E-state index < -0.39 is 0 Å². The number of fused-ring (bicyclic) bond motifs is 1. The molecule has 7 heteroatoms. The summed E-state index contributed by atoms with van der Waals surface area (Å²) < 4.78 is 15.5. The zero-order valence-corrected chi connectivity index (χ0v) is 11.3. The van der Waals surface area contributed by atoms with E-state index in [9.17, 15) is 4.79 Å². The summed E-state index contributed by atoms with van der Waals surface area (Å²) in [5, 5.41) is 2.71. The van der Waals surface area contributed by atoms with Crippen molar-refractivity contribution in [3.8, 4) is 17.4 Å². The van der Waals surface area contributed by atoms with Crippen LogP contribution in [0.1, 0.15) is 10.4 Å². The summed E-state index contributed by atoms with van der Waals surface area (Å²) in [6.45, 7) is 0.141. The molecule has 2 aromatic rings. The van der Waals surface area contributed by atoms with Gasteiger partial charge in [-0.25, -0.2) is 4.98 Å². The lowest BCUT2D eigenvalue weighted by Gasteiger charge is -2.10. The van der Waals surface area contributed by atoms with E-state index in [1.165, 1.54) is 7.11 Å². The Bertz CT molecular complexity index is 703. The Labute approximate surface area is 120 Å². The van der Waals surface area contributed by atoms with Crippen LogP contribution in [0.2, 0.25) is 0 Å². The smallest absolute Gasteiger partial charge is 0.261 e. The summed E-state index contributed by atoms with van der Waals surface area (Å²) in [5.74, 6) is 0.974. The number of nitrogens with zero attached hydrogens (tertiary/aromatic N) is 1. The summed E-state index contributed by atoms with van der Waals surface area (Å²) in [6.07, 6.45) is 1.55. The first kappa shape index (κ1) is 13.0. The van der Waals surface area contributed by atoms with Gasteiger partial charge >= 0.3 is 0 Å². The Morgan fingerprint density at radius 3 is 2.90 bits per heavy atom. The van der Waals surface area contributed by atoms with Crippen LogP contribution in [0.5, 0.6) is 17.4 Å². The largest absolute Gasteiger partial charge is 0.480 e. The van der Waals surface area contributed by atoms with Gasteiger partial charge in [0.25, 0.3) is 5.91 Å². The van der Waals surface area contributed by atoms with Crippen molar-refractivity contribution in [1.82, 2.24) is 4.98 Å². The fourth-order valence-corrected chi connectivity index (χ4v) is 1.98.